The SMILES string of the molecule is O=C(Nc1cccc(C(=O)N2CCC(F)(C(=O)O)C2)c1)C1CCCCC1. The molecule has 1 aliphatic heterocycles. The third kappa shape index (κ3) is 3.86. The molecule has 6 nitrogen and oxygen atoms in total. The largest absolute Gasteiger partial charge is 0.479 e. The summed E-state index contributed by atoms with van der Waals surface area (Å²) in [6, 6.07) is 6.50. The van der Waals surface area contributed by atoms with E-state index >= 15 is 0 Å². The number of hydrogen-bond donors (Lipinski definition) is 2. The number of likely N-dealkylation sites (tertiary alicyclic amines) is 1. The van der Waals surface area contributed by atoms with E-state index in [0.717, 1.165) is 32.1 Å². The van der Waals surface area contributed by atoms with E-state index in [9.17, 15) is 18.8 Å². The molecule has 3 rings (SSSR count). The van der Waals surface area contributed by atoms with Gasteiger partial charge in [0.05, 0.1) is 6.54 Å². The van der Waals surface area contributed by atoms with Gasteiger partial charge < -0.3 is 15.3 Å². The van der Waals surface area contributed by atoms with E-state index in [1.807, 2.05) is 0 Å². The fourth-order valence-corrected chi connectivity index (χ4v) is 3.64. The number of carbonyl (C=O) groups is 3. The Hall–Kier alpha value is -2.44. The first-order chi connectivity index (χ1) is 12.4. The molecular formula is C19H23FN2O4. The molecule has 1 aromatic rings. The van der Waals surface area contributed by atoms with Crippen LogP contribution in [0.2, 0.25) is 0 Å². The Labute approximate surface area is 151 Å². The van der Waals surface area contributed by atoms with Crippen molar-refractivity contribution in [3.63, 3.8) is 0 Å². The molecule has 1 saturated carbocycles. The zero-order valence-electron chi connectivity index (χ0n) is 14.5. The van der Waals surface area contributed by atoms with Crippen LogP contribution in [0.5, 0.6) is 0 Å². The van der Waals surface area contributed by atoms with Crippen LogP contribution in [0.25, 0.3) is 0 Å². The van der Waals surface area contributed by atoms with Crippen molar-refractivity contribution >= 4 is 23.5 Å². The van der Waals surface area contributed by atoms with Crippen LogP contribution >= 0.6 is 0 Å². The van der Waals surface area contributed by atoms with Gasteiger partial charge in [-0.05, 0) is 31.0 Å². The first-order valence-electron chi connectivity index (χ1n) is 9.01. The smallest absolute Gasteiger partial charge is 0.343 e. The number of carboxylic acid groups (broad SMARTS) is 1. The van der Waals surface area contributed by atoms with Gasteiger partial charge >= 0.3 is 5.97 Å². The Morgan fingerprint density at radius 2 is 1.92 bits per heavy atom. The summed E-state index contributed by atoms with van der Waals surface area (Å²) in [5, 5.41) is 11.8. The molecule has 7 heteroatoms. The van der Waals surface area contributed by atoms with Crippen molar-refractivity contribution < 1.29 is 23.9 Å². The van der Waals surface area contributed by atoms with Crippen LogP contribution < -0.4 is 5.32 Å². The highest BCUT2D eigenvalue weighted by molar-refractivity contribution is 5.98. The molecular weight excluding hydrogens is 339 g/mol. The van der Waals surface area contributed by atoms with Crippen molar-refractivity contribution in [2.75, 3.05) is 18.4 Å². The van der Waals surface area contributed by atoms with Crippen molar-refractivity contribution in [1.82, 2.24) is 4.90 Å². The quantitative estimate of drug-likeness (QED) is 0.862. The molecule has 1 aromatic carbocycles. The maximum absolute atomic E-state index is 14.2. The summed E-state index contributed by atoms with van der Waals surface area (Å²) in [4.78, 5) is 37.1. The van der Waals surface area contributed by atoms with Gasteiger partial charge in [-0.3, -0.25) is 9.59 Å². The predicted octanol–water partition coefficient (Wildman–Crippen LogP) is 2.84. The second-order valence-electron chi connectivity index (χ2n) is 7.15. The van der Waals surface area contributed by atoms with Gasteiger partial charge in [0.1, 0.15) is 0 Å². The lowest BCUT2D eigenvalue weighted by atomic mass is 9.88. The number of alkyl halides is 1. The van der Waals surface area contributed by atoms with Gasteiger partial charge in [0.15, 0.2) is 0 Å². The maximum atomic E-state index is 14.2. The summed E-state index contributed by atoms with van der Waals surface area (Å²) in [5.41, 5.74) is -1.56. The molecule has 1 saturated heterocycles. The second-order valence-corrected chi connectivity index (χ2v) is 7.15. The standard InChI is InChI=1S/C19H23FN2O4/c20-19(18(25)26)9-10-22(12-19)17(24)14-7-4-8-15(11-14)21-16(23)13-5-2-1-3-6-13/h4,7-8,11,13H,1-3,5-6,9-10,12H2,(H,21,23)(H,25,26). The van der Waals surface area contributed by atoms with Crippen molar-refractivity contribution in [1.29, 1.82) is 0 Å². The number of aliphatic carboxylic acids is 1. The molecule has 1 unspecified atom stereocenters. The number of carboxylic acids is 1. The number of nitrogens with zero attached hydrogens (tertiary/aromatic N) is 1. The van der Waals surface area contributed by atoms with E-state index in [0.29, 0.717) is 11.3 Å². The molecule has 2 aliphatic rings. The molecule has 1 aliphatic carbocycles. The van der Waals surface area contributed by atoms with Gasteiger partial charge in [-0.15, -0.1) is 0 Å². The van der Waals surface area contributed by atoms with Crippen LogP contribution in [0.3, 0.4) is 0 Å². The van der Waals surface area contributed by atoms with Crippen LogP contribution in [-0.4, -0.2) is 46.5 Å². The van der Waals surface area contributed by atoms with Gasteiger partial charge in [-0.1, -0.05) is 25.3 Å². The molecule has 0 radical (unpaired) electrons. The summed E-state index contributed by atoms with van der Waals surface area (Å²) in [6.45, 7) is -0.403. The van der Waals surface area contributed by atoms with E-state index in [-0.39, 0.29) is 24.8 Å². The van der Waals surface area contributed by atoms with Gasteiger partial charge in [-0.2, -0.15) is 0 Å². The Morgan fingerprint density at radius 3 is 2.58 bits per heavy atom. The van der Waals surface area contributed by atoms with Crippen LogP contribution in [0.15, 0.2) is 24.3 Å². The van der Waals surface area contributed by atoms with Crippen LogP contribution in [0.1, 0.15) is 48.9 Å². The van der Waals surface area contributed by atoms with Crippen molar-refractivity contribution in [2.45, 2.75) is 44.2 Å². The molecule has 2 amide bonds. The zero-order chi connectivity index (χ0) is 18.7. The number of hydrogen-bond acceptors (Lipinski definition) is 3. The summed E-state index contributed by atoms with van der Waals surface area (Å²) >= 11 is 0. The van der Waals surface area contributed by atoms with Crippen molar-refractivity contribution in [2.24, 2.45) is 5.92 Å². The summed E-state index contributed by atoms with van der Waals surface area (Å²) < 4.78 is 14.2. The highest BCUT2D eigenvalue weighted by Crippen LogP contribution is 2.28. The number of carbonyl (C=O) groups excluding carboxylic acids is 2. The van der Waals surface area contributed by atoms with Gasteiger partial charge in [-0.25, -0.2) is 9.18 Å². The predicted molar refractivity (Wildman–Crippen MR) is 93.6 cm³/mol. The van der Waals surface area contributed by atoms with Crippen molar-refractivity contribution in [3.8, 4) is 0 Å². The van der Waals surface area contributed by atoms with Crippen LogP contribution in [-0.2, 0) is 9.59 Å². The molecule has 26 heavy (non-hydrogen) atoms. The van der Waals surface area contributed by atoms with E-state index in [4.69, 9.17) is 5.11 Å². The van der Waals surface area contributed by atoms with Crippen LogP contribution in [0, 0.1) is 5.92 Å². The summed E-state index contributed by atoms with van der Waals surface area (Å²) in [5.74, 6) is -2.01. The number of rotatable bonds is 4. The number of halogens is 1. The molecule has 2 N–H and O–H groups in total. The maximum Gasteiger partial charge on any atom is 0.343 e. The van der Waals surface area contributed by atoms with E-state index in [1.165, 1.54) is 4.90 Å². The Kier molecular flexibility index (Phi) is 5.25. The second kappa shape index (κ2) is 7.43. The van der Waals surface area contributed by atoms with Crippen LogP contribution in [0.4, 0.5) is 10.1 Å². The number of nitrogens with one attached hydrogen (secondary N) is 1. The minimum atomic E-state index is -2.39. The number of amides is 2. The average Bonchev–Trinajstić information content (AvgIpc) is 3.06. The molecule has 0 bridgehead atoms. The minimum absolute atomic E-state index is 0.00408. The first kappa shape index (κ1) is 18.4. The highest BCUT2D eigenvalue weighted by atomic mass is 19.1. The Bertz CT molecular complexity index is 717. The van der Waals surface area contributed by atoms with Gasteiger partial charge in [0.25, 0.3) is 5.91 Å². The molecule has 2 fully saturated rings. The Morgan fingerprint density at radius 1 is 1.19 bits per heavy atom. The lowest BCUT2D eigenvalue weighted by Gasteiger charge is -2.21. The minimum Gasteiger partial charge on any atom is -0.479 e. The normalized spacial score (nSPS) is 23.7. The van der Waals surface area contributed by atoms with E-state index < -0.39 is 24.1 Å². The average molecular weight is 362 g/mol. The lowest BCUT2D eigenvalue weighted by Crippen LogP contribution is -2.38. The monoisotopic (exact) mass is 362 g/mol. The molecule has 0 aromatic heterocycles. The highest BCUT2D eigenvalue weighted by Gasteiger charge is 2.47. The molecule has 1 atom stereocenters. The molecule has 140 valence electrons. The van der Waals surface area contributed by atoms with Gasteiger partial charge in [0, 0.05) is 30.1 Å². The number of anilines is 1. The fourth-order valence-electron chi connectivity index (χ4n) is 3.64. The van der Waals surface area contributed by atoms with E-state index in [1.54, 1.807) is 24.3 Å². The lowest BCUT2D eigenvalue weighted by molar-refractivity contribution is -0.149. The molecule has 0 spiro atoms. The number of benzene rings is 1. The summed E-state index contributed by atoms with van der Waals surface area (Å²) in [6.07, 6.45) is 4.82. The van der Waals surface area contributed by atoms with Crippen molar-refractivity contribution in [3.05, 3.63) is 29.8 Å². The van der Waals surface area contributed by atoms with E-state index in [2.05, 4.69) is 5.32 Å². The topological polar surface area (TPSA) is 86.7 Å². The molecule has 1 heterocycles. The third-order valence-corrected chi connectivity index (χ3v) is 5.24. The zero-order valence-corrected chi connectivity index (χ0v) is 14.5. The fraction of sp³-hybridized carbons (Fsp3) is 0.526. The third-order valence-electron chi connectivity index (χ3n) is 5.24. The first-order valence-corrected chi connectivity index (χ1v) is 9.01. The Balaban J connectivity index is 1.66. The summed E-state index contributed by atoms with van der Waals surface area (Å²) in [7, 11) is 0. The van der Waals surface area contributed by atoms with Gasteiger partial charge in [0.2, 0.25) is 11.6 Å².